The molecule has 0 aliphatic carbocycles. The summed E-state index contributed by atoms with van der Waals surface area (Å²) in [5, 5.41) is 11.6. The van der Waals surface area contributed by atoms with Crippen LogP contribution in [0.25, 0.3) is 0 Å². The minimum atomic E-state index is -0.472. The molecule has 0 bridgehead atoms. The number of hydrogen-bond donors (Lipinski definition) is 2. The van der Waals surface area contributed by atoms with Gasteiger partial charge in [-0.3, -0.25) is 4.79 Å². The molecule has 2 N–H and O–H groups in total. The summed E-state index contributed by atoms with van der Waals surface area (Å²) in [5.74, 6) is 1.95. The van der Waals surface area contributed by atoms with Gasteiger partial charge in [-0.25, -0.2) is 4.68 Å². The molecule has 7 nitrogen and oxygen atoms in total. The first-order chi connectivity index (χ1) is 14.6. The number of aromatic nitrogens is 3. The summed E-state index contributed by atoms with van der Waals surface area (Å²) < 4.78 is 7.37. The number of thioether (sulfide) groups is 1. The Morgan fingerprint density at radius 1 is 1.20 bits per heavy atom. The average molecular weight is 422 g/mol. The molecule has 2 aromatic carbocycles. The minimum Gasteiger partial charge on any atom is -0.496 e. The predicted molar refractivity (Wildman–Crippen MR) is 119 cm³/mol. The summed E-state index contributed by atoms with van der Waals surface area (Å²) >= 11 is 1.56. The Labute approximate surface area is 179 Å². The van der Waals surface area contributed by atoms with Crippen molar-refractivity contribution in [3.05, 3.63) is 71.4 Å². The third kappa shape index (κ3) is 3.78. The van der Waals surface area contributed by atoms with Crippen LogP contribution in [0.5, 0.6) is 5.75 Å². The molecule has 1 unspecified atom stereocenters. The van der Waals surface area contributed by atoms with E-state index < -0.39 is 6.04 Å². The van der Waals surface area contributed by atoms with Crippen molar-refractivity contribution in [2.45, 2.75) is 25.0 Å². The Morgan fingerprint density at radius 3 is 2.67 bits per heavy atom. The van der Waals surface area contributed by atoms with E-state index in [0.717, 1.165) is 22.7 Å². The number of nitrogens with one attached hydrogen (secondary N) is 2. The number of allylic oxidation sites excluding steroid dienone is 1. The van der Waals surface area contributed by atoms with Crippen molar-refractivity contribution in [2.75, 3.05) is 23.5 Å². The van der Waals surface area contributed by atoms with Crippen molar-refractivity contribution in [3.8, 4) is 5.75 Å². The number of rotatable bonds is 6. The van der Waals surface area contributed by atoms with E-state index >= 15 is 0 Å². The highest BCUT2D eigenvalue weighted by Crippen LogP contribution is 2.40. The maximum atomic E-state index is 13.4. The van der Waals surface area contributed by atoms with E-state index in [1.807, 2.05) is 61.5 Å². The van der Waals surface area contributed by atoms with Crippen molar-refractivity contribution in [1.82, 2.24) is 14.8 Å². The molecule has 154 valence electrons. The van der Waals surface area contributed by atoms with Crippen LogP contribution in [0.4, 0.5) is 11.6 Å². The second-order valence-corrected chi connectivity index (χ2v) is 7.96. The van der Waals surface area contributed by atoms with Crippen LogP contribution in [-0.2, 0) is 4.79 Å². The van der Waals surface area contributed by atoms with Crippen molar-refractivity contribution in [3.63, 3.8) is 0 Å². The van der Waals surface area contributed by atoms with Gasteiger partial charge in [0.1, 0.15) is 11.8 Å². The van der Waals surface area contributed by atoms with E-state index in [-0.39, 0.29) is 5.91 Å². The van der Waals surface area contributed by atoms with Gasteiger partial charge in [-0.15, -0.1) is 5.10 Å². The number of amides is 1. The summed E-state index contributed by atoms with van der Waals surface area (Å²) in [4.78, 5) is 18.0. The van der Waals surface area contributed by atoms with Crippen LogP contribution in [0.2, 0.25) is 0 Å². The molecule has 8 heteroatoms. The number of fused-ring (bicyclic) bond motifs is 1. The Balaban J connectivity index is 1.82. The molecule has 1 aromatic heterocycles. The molecule has 0 saturated heterocycles. The van der Waals surface area contributed by atoms with Gasteiger partial charge in [0.2, 0.25) is 11.1 Å². The van der Waals surface area contributed by atoms with Crippen molar-refractivity contribution in [2.24, 2.45) is 0 Å². The van der Waals surface area contributed by atoms with Gasteiger partial charge < -0.3 is 15.4 Å². The lowest BCUT2D eigenvalue weighted by atomic mass is 9.94. The number of carbonyl (C=O) groups excluding carboxylic acids is 1. The van der Waals surface area contributed by atoms with Crippen LogP contribution in [-0.4, -0.2) is 33.5 Å². The Hall–Kier alpha value is -3.26. The monoisotopic (exact) mass is 421 g/mol. The summed E-state index contributed by atoms with van der Waals surface area (Å²) in [6.07, 6.45) is 0. The number of carbonyl (C=O) groups is 1. The maximum absolute atomic E-state index is 13.4. The number of hydrogen-bond acceptors (Lipinski definition) is 6. The molecule has 0 fully saturated rings. The molecule has 1 atom stereocenters. The smallest absolute Gasteiger partial charge is 0.255 e. The van der Waals surface area contributed by atoms with Crippen LogP contribution in [0.3, 0.4) is 0 Å². The molecule has 1 amide bonds. The quantitative estimate of drug-likeness (QED) is 0.577. The fourth-order valence-electron chi connectivity index (χ4n) is 3.52. The van der Waals surface area contributed by atoms with Gasteiger partial charge in [0.15, 0.2) is 0 Å². The third-order valence-electron chi connectivity index (χ3n) is 4.82. The molecule has 30 heavy (non-hydrogen) atoms. The second-order valence-electron chi connectivity index (χ2n) is 6.72. The highest BCUT2D eigenvalue weighted by Gasteiger charge is 2.35. The zero-order chi connectivity index (χ0) is 21.1. The molecular formula is C22H23N5O2S. The van der Waals surface area contributed by atoms with Crippen LogP contribution in [0, 0.1) is 0 Å². The molecule has 0 saturated carbocycles. The van der Waals surface area contributed by atoms with E-state index in [1.165, 1.54) is 0 Å². The number of methoxy groups -OCH3 is 1. The van der Waals surface area contributed by atoms with Gasteiger partial charge in [0, 0.05) is 16.9 Å². The number of para-hydroxylation sites is 2. The first kappa shape index (κ1) is 20.0. The van der Waals surface area contributed by atoms with Gasteiger partial charge in [-0.2, -0.15) is 4.98 Å². The summed E-state index contributed by atoms with van der Waals surface area (Å²) in [6, 6.07) is 16.6. The SMILES string of the molecule is CCSc1nc2n(n1)C(c1ccccc1OC)C(C(=O)Nc1ccccc1)=C(C)N2. The largest absolute Gasteiger partial charge is 0.496 e. The lowest BCUT2D eigenvalue weighted by molar-refractivity contribution is -0.113. The van der Waals surface area contributed by atoms with E-state index in [0.29, 0.717) is 22.4 Å². The molecule has 2 heterocycles. The second kappa shape index (κ2) is 8.62. The van der Waals surface area contributed by atoms with Gasteiger partial charge in [0.25, 0.3) is 5.91 Å². The molecule has 1 aliphatic heterocycles. The topological polar surface area (TPSA) is 81.1 Å². The lowest BCUT2D eigenvalue weighted by Gasteiger charge is -2.29. The molecular weight excluding hydrogens is 398 g/mol. The van der Waals surface area contributed by atoms with Crippen LogP contribution >= 0.6 is 11.8 Å². The highest BCUT2D eigenvalue weighted by atomic mass is 32.2. The van der Waals surface area contributed by atoms with Gasteiger partial charge >= 0.3 is 0 Å². The van der Waals surface area contributed by atoms with E-state index in [4.69, 9.17) is 4.74 Å². The molecule has 1 aliphatic rings. The van der Waals surface area contributed by atoms with Gasteiger partial charge in [-0.05, 0) is 30.9 Å². The van der Waals surface area contributed by atoms with Crippen LogP contribution in [0.1, 0.15) is 25.5 Å². The van der Waals surface area contributed by atoms with Crippen LogP contribution < -0.4 is 15.4 Å². The summed E-state index contributed by atoms with van der Waals surface area (Å²) in [5.41, 5.74) is 2.87. The maximum Gasteiger partial charge on any atom is 0.255 e. The summed E-state index contributed by atoms with van der Waals surface area (Å²) in [6.45, 7) is 3.94. The normalized spacial score (nSPS) is 15.4. The number of benzene rings is 2. The van der Waals surface area contributed by atoms with Crippen molar-refractivity contribution in [1.29, 1.82) is 0 Å². The Bertz CT molecular complexity index is 1090. The Morgan fingerprint density at radius 2 is 1.93 bits per heavy atom. The average Bonchev–Trinajstić information content (AvgIpc) is 3.15. The standard InChI is InChI=1S/C22H23N5O2S/c1-4-30-22-25-21-23-14(2)18(20(28)24-15-10-6-5-7-11-15)19(27(21)26-22)16-12-8-9-13-17(16)29-3/h5-13,19H,4H2,1-3H3,(H,24,28)(H,23,25,26). The van der Waals surface area contributed by atoms with Crippen LogP contribution in [0.15, 0.2) is 71.0 Å². The number of ether oxygens (including phenoxy) is 1. The predicted octanol–water partition coefficient (Wildman–Crippen LogP) is 4.33. The van der Waals surface area contributed by atoms with E-state index in [1.54, 1.807) is 23.6 Å². The first-order valence-corrected chi connectivity index (χ1v) is 10.7. The minimum absolute atomic E-state index is 0.201. The lowest BCUT2D eigenvalue weighted by Crippen LogP contribution is -2.31. The molecule has 3 aromatic rings. The Kier molecular flexibility index (Phi) is 5.76. The fraction of sp³-hybridized carbons (Fsp3) is 0.227. The first-order valence-electron chi connectivity index (χ1n) is 9.68. The van der Waals surface area contributed by atoms with E-state index in [2.05, 4.69) is 27.6 Å². The zero-order valence-corrected chi connectivity index (χ0v) is 17.9. The molecule has 4 rings (SSSR count). The molecule has 0 radical (unpaired) electrons. The van der Waals surface area contributed by atoms with E-state index in [9.17, 15) is 4.79 Å². The fourth-order valence-corrected chi connectivity index (χ4v) is 4.07. The highest BCUT2D eigenvalue weighted by molar-refractivity contribution is 7.99. The van der Waals surface area contributed by atoms with Crippen molar-refractivity contribution >= 4 is 29.3 Å². The summed E-state index contributed by atoms with van der Waals surface area (Å²) in [7, 11) is 1.63. The van der Waals surface area contributed by atoms with Gasteiger partial charge in [-0.1, -0.05) is 55.1 Å². The number of nitrogens with zero attached hydrogens (tertiary/aromatic N) is 3. The number of anilines is 2. The zero-order valence-electron chi connectivity index (χ0n) is 17.0. The third-order valence-corrected chi connectivity index (χ3v) is 5.54. The molecule has 0 spiro atoms. The van der Waals surface area contributed by atoms with Crippen molar-refractivity contribution < 1.29 is 9.53 Å². The van der Waals surface area contributed by atoms with Gasteiger partial charge in [0.05, 0.1) is 12.7 Å².